The summed E-state index contributed by atoms with van der Waals surface area (Å²) in [6.07, 6.45) is -1.01. The normalized spacial score (nSPS) is 15.6. The molecule has 0 heterocycles. The Morgan fingerprint density at radius 3 is 2.24 bits per heavy atom. The Balaban J connectivity index is 3.14. The molecule has 0 aliphatic carbocycles. The zero-order valence-electron chi connectivity index (χ0n) is 10.1. The number of benzene rings is 1. The van der Waals surface area contributed by atoms with E-state index in [1.165, 1.54) is 12.1 Å². The van der Waals surface area contributed by atoms with E-state index in [-0.39, 0.29) is 16.2 Å². The van der Waals surface area contributed by atoms with Gasteiger partial charge < -0.3 is 21.1 Å². The van der Waals surface area contributed by atoms with Gasteiger partial charge in [0.1, 0.15) is 0 Å². The van der Waals surface area contributed by atoms with Crippen LogP contribution in [0.3, 0.4) is 0 Å². The van der Waals surface area contributed by atoms with E-state index in [2.05, 4.69) is 0 Å². The number of hydrogen-bond donors (Lipinski definition) is 4. The molecule has 5 N–H and O–H groups in total. The molecule has 1 rings (SSSR count). The minimum atomic E-state index is -1.01. The molecule has 96 valence electrons. The Morgan fingerprint density at radius 2 is 1.76 bits per heavy atom. The van der Waals surface area contributed by atoms with Crippen LogP contribution in [0.5, 0.6) is 11.5 Å². The maximum atomic E-state index is 10.1. The summed E-state index contributed by atoms with van der Waals surface area (Å²) >= 11 is 5.86. The van der Waals surface area contributed by atoms with Crippen molar-refractivity contribution in [1.29, 1.82) is 0 Å². The molecule has 0 aliphatic heterocycles. The maximum absolute atomic E-state index is 10.1. The molecule has 0 amide bonds. The lowest BCUT2D eigenvalue weighted by atomic mass is 9.82. The Hall–Kier alpha value is -0.970. The van der Waals surface area contributed by atoms with Crippen molar-refractivity contribution < 1.29 is 15.3 Å². The Bertz CT molecular complexity index is 415. The molecule has 0 bridgehead atoms. The van der Waals surface area contributed by atoms with E-state index in [1.807, 2.05) is 20.8 Å². The van der Waals surface area contributed by atoms with Crippen LogP contribution in [0.2, 0.25) is 5.02 Å². The second kappa shape index (κ2) is 4.72. The summed E-state index contributed by atoms with van der Waals surface area (Å²) in [6.45, 7) is 5.69. The van der Waals surface area contributed by atoms with Crippen molar-refractivity contribution in [2.24, 2.45) is 11.1 Å². The minimum absolute atomic E-state index is 0.0720. The SMILES string of the molecule is CC(C)(C)C(N)C(O)c1ccc(O)c(O)c1Cl. The lowest BCUT2D eigenvalue weighted by Crippen LogP contribution is -2.40. The molecule has 5 heteroatoms. The zero-order valence-corrected chi connectivity index (χ0v) is 10.9. The van der Waals surface area contributed by atoms with Crippen molar-refractivity contribution in [2.45, 2.75) is 32.9 Å². The first-order valence-electron chi connectivity index (χ1n) is 5.30. The van der Waals surface area contributed by atoms with Gasteiger partial charge in [-0.2, -0.15) is 0 Å². The summed E-state index contributed by atoms with van der Waals surface area (Å²) in [6, 6.07) is 2.19. The fourth-order valence-corrected chi connectivity index (χ4v) is 1.74. The molecular formula is C12H18ClNO3. The molecule has 2 unspecified atom stereocenters. The Kier molecular flexibility index (Phi) is 3.91. The van der Waals surface area contributed by atoms with Gasteiger partial charge in [0.25, 0.3) is 0 Å². The van der Waals surface area contributed by atoms with Crippen LogP contribution in [0.4, 0.5) is 0 Å². The fourth-order valence-electron chi connectivity index (χ4n) is 1.47. The molecule has 0 saturated carbocycles. The molecule has 0 spiro atoms. The third-order valence-electron chi connectivity index (χ3n) is 2.78. The van der Waals surface area contributed by atoms with E-state index in [4.69, 9.17) is 17.3 Å². The van der Waals surface area contributed by atoms with Crippen LogP contribution in [0, 0.1) is 5.41 Å². The predicted octanol–water partition coefficient (Wildman–Crippen LogP) is 2.16. The van der Waals surface area contributed by atoms with Crippen molar-refractivity contribution in [2.75, 3.05) is 0 Å². The van der Waals surface area contributed by atoms with Crippen LogP contribution in [0.1, 0.15) is 32.4 Å². The predicted molar refractivity (Wildman–Crippen MR) is 67.2 cm³/mol. The lowest BCUT2D eigenvalue weighted by Gasteiger charge is -2.31. The highest BCUT2D eigenvalue weighted by molar-refractivity contribution is 6.33. The lowest BCUT2D eigenvalue weighted by molar-refractivity contribution is 0.0924. The van der Waals surface area contributed by atoms with Crippen LogP contribution in [0.15, 0.2) is 12.1 Å². The fraction of sp³-hybridized carbons (Fsp3) is 0.500. The van der Waals surface area contributed by atoms with Gasteiger partial charge in [0.2, 0.25) is 0 Å². The number of halogens is 1. The monoisotopic (exact) mass is 259 g/mol. The third-order valence-corrected chi connectivity index (χ3v) is 3.18. The summed E-state index contributed by atoms with van der Waals surface area (Å²) < 4.78 is 0. The molecule has 2 atom stereocenters. The highest BCUT2D eigenvalue weighted by Crippen LogP contribution is 2.40. The summed E-state index contributed by atoms with van der Waals surface area (Å²) in [5.41, 5.74) is 5.93. The van der Waals surface area contributed by atoms with Gasteiger partial charge in [0.05, 0.1) is 11.1 Å². The third kappa shape index (κ3) is 2.83. The largest absolute Gasteiger partial charge is 0.504 e. The highest BCUT2D eigenvalue weighted by Gasteiger charge is 2.30. The first kappa shape index (κ1) is 14.1. The molecule has 1 aromatic carbocycles. The number of aliphatic hydroxyl groups excluding tert-OH is 1. The molecule has 0 saturated heterocycles. The number of aliphatic hydroxyl groups is 1. The standard InChI is InChI=1S/C12H18ClNO3/c1-12(2,3)11(14)9(16)6-4-5-7(15)10(17)8(6)13/h4-5,9,11,15-17H,14H2,1-3H3. The number of aromatic hydroxyl groups is 2. The molecule has 1 aromatic rings. The molecule has 0 aromatic heterocycles. The number of phenolic OH excluding ortho intramolecular Hbond substituents is 2. The first-order chi connectivity index (χ1) is 7.66. The van der Waals surface area contributed by atoms with Crippen LogP contribution in [-0.2, 0) is 0 Å². The Labute approximate surface area is 106 Å². The number of nitrogens with two attached hydrogens (primary N) is 1. The molecular weight excluding hydrogens is 242 g/mol. The van der Waals surface area contributed by atoms with Gasteiger partial charge >= 0.3 is 0 Å². The van der Waals surface area contributed by atoms with Gasteiger partial charge in [-0.25, -0.2) is 0 Å². The van der Waals surface area contributed by atoms with E-state index in [1.54, 1.807) is 0 Å². The number of hydrogen-bond acceptors (Lipinski definition) is 4. The smallest absolute Gasteiger partial charge is 0.176 e. The van der Waals surface area contributed by atoms with Gasteiger partial charge in [-0.15, -0.1) is 0 Å². The van der Waals surface area contributed by atoms with Crippen LogP contribution in [0.25, 0.3) is 0 Å². The molecule has 4 nitrogen and oxygen atoms in total. The quantitative estimate of drug-likeness (QED) is 0.613. The van der Waals surface area contributed by atoms with Gasteiger partial charge in [-0.05, 0) is 11.5 Å². The number of phenols is 2. The van der Waals surface area contributed by atoms with E-state index in [0.29, 0.717) is 5.56 Å². The molecule has 0 radical (unpaired) electrons. The van der Waals surface area contributed by atoms with Crippen molar-refractivity contribution in [3.63, 3.8) is 0 Å². The van der Waals surface area contributed by atoms with Crippen LogP contribution >= 0.6 is 11.6 Å². The highest BCUT2D eigenvalue weighted by atomic mass is 35.5. The van der Waals surface area contributed by atoms with Crippen molar-refractivity contribution in [3.05, 3.63) is 22.7 Å². The second-order valence-electron chi connectivity index (χ2n) is 5.17. The van der Waals surface area contributed by atoms with E-state index < -0.39 is 17.9 Å². The van der Waals surface area contributed by atoms with Crippen molar-refractivity contribution >= 4 is 11.6 Å². The summed E-state index contributed by atoms with van der Waals surface area (Å²) in [5, 5.41) is 28.8. The molecule has 0 fully saturated rings. The summed E-state index contributed by atoms with van der Waals surface area (Å²) in [7, 11) is 0. The zero-order chi connectivity index (χ0) is 13.4. The van der Waals surface area contributed by atoms with Gasteiger partial charge in [0, 0.05) is 11.6 Å². The van der Waals surface area contributed by atoms with E-state index in [0.717, 1.165) is 0 Å². The average molecular weight is 260 g/mol. The summed E-state index contributed by atoms with van der Waals surface area (Å²) in [4.78, 5) is 0. The maximum Gasteiger partial charge on any atom is 0.176 e. The first-order valence-corrected chi connectivity index (χ1v) is 5.68. The topological polar surface area (TPSA) is 86.7 Å². The van der Waals surface area contributed by atoms with Crippen molar-refractivity contribution in [3.8, 4) is 11.5 Å². The summed E-state index contributed by atoms with van der Waals surface area (Å²) in [5.74, 6) is -0.764. The van der Waals surface area contributed by atoms with Crippen LogP contribution < -0.4 is 5.73 Å². The van der Waals surface area contributed by atoms with E-state index >= 15 is 0 Å². The number of rotatable bonds is 2. The van der Waals surface area contributed by atoms with Crippen molar-refractivity contribution in [1.82, 2.24) is 0 Å². The second-order valence-corrected chi connectivity index (χ2v) is 5.55. The molecule has 0 aliphatic rings. The van der Waals surface area contributed by atoms with Gasteiger partial charge in [-0.1, -0.05) is 38.4 Å². The van der Waals surface area contributed by atoms with E-state index in [9.17, 15) is 15.3 Å². The Morgan fingerprint density at radius 1 is 1.24 bits per heavy atom. The molecule has 17 heavy (non-hydrogen) atoms. The van der Waals surface area contributed by atoms with Gasteiger partial charge in [-0.3, -0.25) is 0 Å². The average Bonchev–Trinajstić information content (AvgIpc) is 2.23. The van der Waals surface area contributed by atoms with Crippen LogP contribution in [-0.4, -0.2) is 21.4 Å². The van der Waals surface area contributed by atoms with Gasteiger partial charge in [0.15, 0.2) is 11.5 Å². The minimum Gasteiger partial charge on any atom is -0.504 e.